The summed E-state index contributed by atoms with van der Waals surface area (Å²) in [5.74, 6) is 0.515. The molecule has 0 atom stereocenters. The lowest BCUT2D eigenvalue weighted by Gasteiger charge is -2.26. The van der Waals surface area contributed by atoms with Gasteiger partial charge in [-0.2, -0.15) is 0 Å². The van der Waals surface area contributed by atoms with Crippen LogP contribution in [-0.4, -0.2) is 73.8 Å². The Balaban J connectivity index is 1.58. The molecule has 3 rings (SSSR count). The molecule has 2 fully saturated rings. The quantitative estimate of drug-likeness (QED) is 0.745. The van der Waals surface area contributed by atoms with Crippen LogP contribution < -0.4 is 4.74 Å². The predicted octanol–water partition coefficient (Wildman–Crippen LogP) is 1.46. The third-order valence-corrected chi connectivity index (χ3v) is 5.25. The van der Waals surface area contributed by atoms with Gasteiger partial charge < -0.3 is 14.4 Å². The SMILES string of the molecule is CN=C1S/C(=C\c2ccc(OCC(=O)N3CCOCC3)cc2)C(=O)N1C. The lowest BCUT2D eigenvalue weighted by atomic mass is 10.2. The van der Waals surface area contributed by atoms with Crippen molar-refractivity contribution in [1.82, 2.24) is 9.80 Å². The van der Waals surface area contributed by atoms with E-state index in [2.05, 4.69) is 4.99 Å². The third kappa shape index (κ3) is 4.25. The van der Waals surface area contributed by atoms with Crippen LogP contribution in [0.25, 0.3) is 6.08 Å². The van der Waals surface area contributed by atoms with Gasteiger partial charge in [-0.3, -0.25) is 19.5 Å². The van der Waals surface area contributed by atoms with Crippen molar-refractivity contribution in [2.75, 3.05) is 47.0 Å². The van der Waals surface area contributed by atoms with Crippen LogP contribution in [0.1, 0.15) is 5.56 Å². The van der Waals surface area contributed by atoms with E-state index in [9.17, 15) is 9.59 Å². The Bertz CT molecular complexity index is 739. The van der Waals surface area contributed by atoms with Gasteiger partial charge >= 0.3 is 0 Å². The van der Waals surface area contributed by atoms with Gasteiger partial charge in [-0.25, -0.2) is 0 Å². The summed E-state index contributed by atoms with van der Waals surface area (Å²) in [5, 5.41) is 0.683. The normalized spacial score (nSPS) is 20.9. The molecular weight excluding hydrogens is 354 g/mol. The van der Waals surface area contributed by atoms with Crippen molar-refractivity contribution in [2.45, 2.75) is 0 Å². The highest BCUT2D eigenvalue weighted by molar-refractivity contribution is 8.18. The summed E-state index contributed by atoms with van der Waals surface area (Å²) in [6.07, 6.45) is 1.82. The minimum atomic E-state index is -0.0629. The van der Waals surface area contributed by atoms with Crippen LogP contribution in [0, 0.1) is 0 Å². The maximum absolute atomic E-state index is 12.2. The van der Waals surface area contributed by atoms with E-state index in [0.717, 1.165) is 5.56 Å². The molecule has 0 aromatic heterocycles. The molecule has 0 N–H and O–H groups in total. The summed E-state index contributed by atoms with van der Waals surface area (Å²) in [6.45, 7) is 2.38. The van der Waals surface area contributed by atoms with Gasteiger partial charge in [0.2, 0.25) is 0 Å². The minimum Gasteiger partial charge on any atom is -0.484 e. The number of amidine groups is 1. The maximum Gasteiger partial charge on any atom is 0.266 e. The molecule has 2 saturated heterocycles. The maximum atomic E-state index is 12.2. The zero-order chi connectivity index (χ0) is 18.5. The summed E-state index contributed by atoms with van der Waals surface area (Å²) in [5.41, 5.74) is 0.887. The minimum absolute atomic E-state index is 0.00981. The first-order valence-corrected chi connectivity index (χ1v) is 9.13. The monoisotopic (exact) mass is 375 g/mol. The first kappa shape index (κ1) is 18.5. The summed E-state index contributed by atoms with van der Waals surface area (Å²) in [6, 6.07) is 7.30. The topological polar surface area (TPSA) is 71.4 Å². The number of nitrogens with zero attached hydrogens (tertiary/aromatic N) is 3. The Hall–Kier alpha value is -2.32. The number of aliphatic imine (C=N–C) groups is 1. The van der Waals surface area contributed by atoms with Gasteiger partial charge in [0, 0.05) is 27.2 Å². The third-order valence-electron chi connectivity index (χ3n) is 4.10. The molecule has 1 aromatic carbocycles. The van der Waals surface area contributed by atoms with Crippen molar-refractivity contribution < 1.29 is 19.1 Å². The highest BCUT2D eigenvalue weighted by Gasteiger charge is 2.29. The zero-order valence-electron chi connectivity index (χ0n) is 14.8. The number of carbonyl (C=O) groups is 2. The largest absolute Gasteiger partial charge is 0.484 e. The molecule has 8 heteroatoms. The average molecular weight is 375 g/mol. The molecule has 0 radical (unpaired) electrons. The van der Waals surface area contributed by atoms with E-state index in [1.54, 1.807) is 31.1 Å². The van der Waals surface area contributed by atoms with Crippen LogP contribution in [0.4, 0.5) is 0 Å². The molecule has 0 aliphatic carbocycles. The average Bonchev–Trinajstić information content (AvgIpc) is 2.95. The van der Waals surface area contributed by atoms with Gasteiger partial charge in [0.1, 0.15) is 5.75 Å². The number of hydrogen-bond acceptors (Lipinski definition) is 6. The zero-order valence-corrected chi connectivity index (χ0v) is 15.6. The molecule has 0 bridgehead atoms. The van der Waals surface area contributed by atoms with Gasteiger partial charge in [0.25, 0.3) is 11.8 Å². The number of thioether (sulfide) groups is 1. The van der Waals surface area contributed by atoms with Gasteiger partial charge in [-0.05, 0) is 35.5 Å². The number of hydrogen-bond donors (Lipinski definition) is 0. The van der Waals surface area contributed by atoms with Gasteiger partial charge in [-0.15, -0.1) is 0 Å². The van der Waals surface area contributed by atoms with E-state index < -0.39 is 0 Å². The second-order valence-electron chi connectivity index (χ2n) is 5.83. The fourth-order valence-corrected chi connectivity index (χ4v) is 3.54. The standard InChI is InChI=1S/C18H21N3O4S/c1-19-18-20(2)17(23)15(26-18)11-13-3-5-14(6-4-13)25-12-16(22)21-7-9-24-10-8-21/h3-6,11H,7-10,12H2,1-2H3/b15-11-,19-18?. The number of benzene rings is 1. The highest BCUT2D eigenvalue weighted by Crippen LogP contribution is 2.31. The van der Waals surface area contributed by atoms with Crippen LogP contribution in [0.2, 0.25) is 0 Å². The van der Waals surface area contributed by atoms with Crippen LogP contribution in [-0.2, 0) is 14.3 Å². The lowest BCUT2D eigenvalue weighted by molar-refractivity contribution is -0.137. The first-order valence-electron chi connectivity index (χ1n) is 8.31. The van der Waals surface area contributed by atoms with E-state index in [4.69, 9.17) is 9.47 Å². The smallest absolute Gasteiger partial charge is 0.266 e. The van der Waals surface area contributed by atoms with Gasteiger partial charge in [0.15, 0.2) is 11.8 Å². The summed E-state index contributed by atoms with van der Waals surface area (Å²) in [7, 11) is 3.38. The summed E-state index contributed by atoms with van der Waals surface area (Å²) >= 11 is 1.35. The Morgan fingerprint density at radius 2 is 2.00 bits per heavy atom. The molecular formula is C18H21N3O4S. The molecule has 7 nitrogen and oxygen atoms in total. The van der Waals surface area contributed by atoms with Gasteiger partial charge in [-0.1, -0.05) is 12.1 Å². The van der Waals surface area contributed by atoms with Crippen LogP contribution >= 0.6 is 11.8 Å². The van der Waals surface area contributed by atoms with Crippen LogP contribution in [0.3, 0.4) is 0 Å². The number of likely N-dealkylation sites (N-methyl/N-ethyl adjacent to an activating group) is 1. The van der Waals surface area contributed by atoms with Crippen LogP contribution in [0.15, 0.2) is 34.2 Å². The summed E-state index contributed by atoms with van der Waals surface area (Å²) in [4.78, 5) is 32.2. The van der Waals surface area contributed by atoms with E-state index in [0.29, 0.717) is 42.1 Å². The molecule has 2 aliphatic heterocycles. The molecule has 1 aromatic rings. The van der Waals surface area contributed by atoms with Crippen molar-refractivity contribution in [3.05, 3.63) is 34.7 Å². The molecule has 0 saturated carbocycles. The van der Waals surface area contributed by atoms with Crippen LogP contribution in [0.5, 0.6) is 5.75 Å². The Kier molecular flexibility index (Phi) is 5.95. The molecule has 0 spiro atoms. The van der Waals surface area contributed by atoms with Crippen molar-refractivity contribution in [1.29, 1.82) is 0 Å². The lowest BCUT2D eigenvalue weighted by Crippen LogP contribution is -2.42. The fraction of sp³-hybridized carbons (Fsp3) is 0.389. The molecule has 26 heavy (non-hydrogen) atoms. The molecule has 138 valence electrons. The van der Waals surface area contributed by atoms with E-state index >= 15 is 0 Å². The first-order chi connectivity index (χ1) is 12.6. The number of rotatable bonds is 4. The van der Waals surface area contributed by atoms with E-state index in [1.807, 2.05) is 18.2 Å². The van der Waals surface area contributed by atoms with Crippen molar-refractivity contribution in [3.8, 4) is 5.75 Å². The second-order valence-corrected chi connectivity index (χ2v) is 6.84. The number of carbonyl (C=O) groups excluding carboxylic acids is 2. The van der Waals surface area contributed by atoms with E-state index in [1.165, 1.54) is 16.7 Å². The Labute approximate surface area is 156 Å². The van der Waals surface area contributed by atoms with Crippen molar-refractivity contribution in [3.63, 3.8) is 0 Å². The molecule has 2 aliphatic rings. The Morgan fingerprint density at radius 3 is 2.62 bits per heavy atom. The summed E-state index contributed by atoms with van der Waals surface area (Å²) < 4.78 is 10.8. The van der Waals surface area contributed by atoms with E-state index in [-0.39, 0.29) is 18.4 Å². The number of ether oxygens (including phenoxy) is 2. The van der Waals surface area contributed by atoms with Crippen molar-refractivity contribution in [2.24, 2.45) is 4.99 Å². The van der Waals surface area contributed by atoms with Gasteiger partial charge in [0.05, 0.1) is 18.1 Å². The number of amides is 2. The van der Waals surface area contributed by atoms with Crippen molar-refractivity contribution >= 4 is 34.8 Å². The molecule has 2 heterocycles. The highest BCUT2D eigenvalue weighted by atomic mass is 32.2. The molecule has 0 unspecified atom stereocenters. The predicted molar refractivity (Wildman–Crippen MR) is 101 cm³/mol. The Morgan fingerprint density at radius 1 is 1.31 bits per heavy atom. The molecule has 2 amide bonds. The second kappa shape index (κ2) is 8.37. The number of morpholine rings is 1. The fourth-order valence-electron chi connectivity index (χ4n) is 2.61.